The number of carbonyl (C=O) groups is 1. The third-order valence-electron chi connectivity index (χ3n) is 4.39. The van der Waals surface area contributed by atoms with Crippen LogP contribution in [0.2, 0.25) is 0 Å². The smallest absolute Gasteiger partial charge is 0.332 e. The fourth-order valence-electron chi connectivity index (χ4n) is 3.38. The summed E-state index contributed by atoms with van der Waals surface area (Å²) in [6.45, 7) is 1.02. The highest BCUT2D eigenvalue weighted by Crippen LogP contribution is 2.30. The molecule has 1 aromatic rings. The minimum atomic E-state index is -4.35. The normalized spacial score (nSPS) is 26.7. The molecule has 0 bridgehead atoms. The standard InChI is InChI=1S/C15H19F3N4O/c16-15(17,18)10-21-6-3-12(14(21)23)22-7-5-20-9-13(22)11-2-1-4-19-8-11/h1-2,4,8,12-13,20H,3,5-7,9-10H2. The van der Waals surface area contributed by atoms with Gasteiger partial charge in [-0.1, -0.05) is 6.07 Å². The Morgan fingerprint density at radius 3 is 2.83 bits per heavy atom. The van der Waals surface area contributed by atoms with E-state index in [1.54, 1.807) is 12.4 Å². The lowest BCUT2D eigenvalue weighted by Gasteiger charge is -2.39. The fourth-order valence-corrected chi connectivity index (χ4v) is 3.38. The first-order valence-electron chi connectivity index (χ1n) is 7.67. The number of nitrogens with one attached hydrogen (secondary N) is 1. The number of pyridine rings is 1. The number of hydrogen-bond acceptors (Lipinski definition) is 4. The van der Waals surface area contributed by atoms with Crippen LogP contribution in [0, 0.1) is 0 Å². The second kappa shape index (κ2) is 6.45. The summed E-state index contributed by atoms with van der Waals surface area (Å²) >= 11 is 0. The molecule has 126 valence electrons. The Labute approximate surface area is 132 Å². The Bertz CT molecular complexity index is 551. The summed E-state index contributed by atoms with van der Waals surface area (Å²) in [7, 11) is 0. The summed E-state index contributed by atoms with van der Waals surface area (Å²) in [5.41, 5.74) is 0.974. The number of hydrogen-bond donors (Lipinski definition) is 1. The number of likely N-dealkylation sites (tertiary alicyclic amines) is 1. The van der Waals surface area contributed by atoms with Gasteiger partial charge in [0.05, 0.1) is 6.04 Å². The van der Waals surface area contributed by atoms with Gasteiger partial charge in [-0.05, 0) is 18.1 Å². The average molecular weight is 328 g/mol. The molecule has 0 spiro atoms. The molecular weight excluding hydrogens is 309 g/mol. The zero-order valence-electron chi connectivity index (χ0n) is 12.6. The average Bonchev–Trinajstić information content (AvgIpc) is 2.87. The van der Waals surface area contributed by atoms with Crippen molar-refractivity contribution < 1.29 is 18.0 Å². The van der Waals surface area contributed by atoms with E-state index in [1.165, 1.54) is 0 Å². The van der Waals surface area contributed by atoms with Gasteiger partial charge in [0.1, 0.15) is 6.54 Å². The lowest BCUT2D eigenvalue weighted by atomic mass is 10.0. The predicted octanol–water partition coefficient (Wildman–Crippen LogP) is 1.19. The summed E-state index contributed by atoms with van der Waals surface area (Å²) in [6, 6.07) is 3.24. The van der Waals surface area contributed by atoms with Crippen LogP contribution >= 0.6 is 0 Å². The highest BCUT2D eigenvalue weighted by molar-refractivity contribution is 5.84. The van der Waals surface area contributed by atoms with Crippen molar-refractivity contribution in [2.45, 2.75) is 24.7 Å². The van der Waals surface area contributed by atoms with E-state index < -0.39 is 24.7 Å². The zero-order valence-corrected chi connectivity index (χ0v) is 12.6. The van der Waals surface area contributed by atoms with E-state index in [0.29, 0.717) is 19.5 Å². The van der Waals surface area contributed by atoms with Gasteiger partial charge in [0.25, 0.3) is 0 Å². The number of piperazine rings is 1. The molecule has 8 heteroatoms. The second-order valence-electron chi connectivity index (χ2n) is 5.92. The molecule has 1 amide bonds. The van der Waals surface area contributed by atoms with Gasteiger partial charge in [-0.3, -0.25) is 14.7 Å². The monoisotopic (exact) mass is 328 g/mol. The molecule has 2 saturated heterocycles. The number of aromatic nitrogens is 1. The largest absolute Gasteiger partial charge is 0.406 e. The molecular formula is C15H19F3N4O. The van der Waals surface area contributed by atoms with Gasteiger partial charge in [-0.2, -0.15) is 13.2 Å². The van der Waals surface area contributed by atoms with Gasteiger partial charge >= 0.3 is 6.18 Å². The van der Waals surface area contributed by atoms with Crippen LogP contribution in [0.5, 0.6) is 0 Å². The summed E-state index contributed by atoms with van der Waals surface area (Å²) in [5, 5.41) is 3.28. The number of rotatable bonds is 3. The molecule has 1 aromatic heterocycles. The van der Waals surface area contributed by atoms with E-state index in [4.69, 9.17) is 0 Å². The van der Waals surface area contributed by atoms with Crippen LogP contribution in [0.3, 0.4) is 0 Å². The molecule has 0 radical (unpaired) electrons. The molecule has 2 atom stereocenters. The highest BCUT2D eigenvalue weighted by atomic mass is 19.4. The molecule has 0 aromatic carbocycles. The van der Waals surface area contributed by atoms with Crippen LogP contribution in [-0.4, -0.2) is 65.6 Å². The van der Waals surface area contributed by atoms with Crippen molar-refractivity contribution in [3.63, 3.8) is 0 Å². The van der Waals surface area contributed by atoms with Crippen molar-refractivity contribution >= 4 is 5.91 Å². The van der Waals surface area contributed by atoms with Gasteiger partial charge in [0.2, 0.25) is 5.91 Å². The maximum atomic E-state index is 12.6. The van der Waals surface area contributed by atoms with Gasteiger partial charge in [0, 0.05) is 44.6 Å². The number of amides is 1. The van der Waals surface area contributed by atoms with Gasteiger partial charge < -0.3 is 10.2 Å². The maximum Gasteiger partial charge on any atom is 0.406 e. The van der Waals surface area contributed by atoms with Crippen LogP contribution in [0.15, 0.2) is 24.5 Å². The highest BCUT2D eigenvalue weighted by Gasteiger charge is 2.43. The summed E-state index contributed by atoms with van der Waals surface area (Å²) in [4.78, 5) is 19.5. The lowest BCUT2D eigenvalue weighted by molar-refractivity contribution is -0.159. The topological polar surface area (TPSA) is 48.5 Å². The molecule has 2 unspecified atom stereocenters. The molecule has 5 nitrogen and oxygen atoms in total. The Morgan fingerprint density at radius 2 is 2.13 bits per heavy atom. The van der Waals surface area contributed by atoms with Crippen LogP contribution in [0.25, 0.3) is 0 Å². The lowest BCUT2D eigenvalue weighted by Crippen LogP contribution is -2.53. The Kier molecular flexibility index (Phi) is 4.54. The third-order valence-corrected chi connectivity index (χ3v) is 4.39. The van der Waals surface area contributed by atoms with Crippen LogP contribution in [0.1, 0.15) is 18.0 Å². The Hall–Kier alpha value is -1.67. The van der Waals surface area contributed by atoms with Crippen LogP contribution in [-0.2, 0) is 4.79 Å². The summed E-state index contributed by atoms with van der Waals surface area (Å²) in [6.07, 6.45) is -0.490. The molecule has 2 aliphatic rings. The van der Waals surface area contributed by atoms with Gasteiger partial charge in [-0.25, -0.2) is 0 Å². The van der Waals surface area contributed by atoms with E-state index in [9.17, 15) is 18.0 Å². The number of alkyl halides is 3. The van der Waals surface area contributed by atoms with E-state index in [-0.39, 0.29) is 12.6 Å². The SMILES string of the molecule is O=C1C(N2CCNCC2c2cccnc2)CCN1CC(F)(F)F. The van der Waals surface area contributed by atoms with Crippen molar-refractivity contribution in [3.8, 4) is 0 Å². The van der Waals surface area contributed by atoms with E-state index >= 15 is 0 Å². The minimum Gasteiger partial charge on any atom is -0.332 e. The van der Waals surface area contributed by atoms with Crippen molar-refractivity contribution in [1.29, 1.82) is 0 Å². The summed E-state index contributed by atoms with van der Waals surface area (Å²) in [5.74, 6) is -0.418. The molecule has 23 heavy (non-hydrogen) atoms. The molecule has 3 heterocycles. The van der Waals surface area contributed by atoms with Crippen LogP contribution < -0.4 is 5.32 Å². The molecule has 1 N–H and O–H groups in total. The van der Waals surface area contributed by atoms with E-state index in [2.05, 4.69) is 10.3 Å². The van der Waals surface area contributed by atoms with Crippen molar-refractivity contribution in [1.82, 2.24) is 20.1 Å². The Balaban J connectivity index is 1.75. The first kappa shape index (κ1) is 16.2. The van der Waals surface area contributed by atoms with Crippen LogP contribution in [0.4, 0.5) is 13.2 Å². The third kappa shape index (κ3) is 3.64. The quantitative estimate of drug-likeness (QED) is 0.906. The van der Waals surface area contributed by atoms with Gasteiger partial charge in [-0.15, -0.1) is 0 Å². The first-order valence-corrected chi connectivity index (χ1v) is 7.67. The number of carbonyl (C=O) groups excluding carboxylic acids is 1. The second-order valence-corrected chi connectivity index (χ2v) is 5.92. The van der Waals surface area contributed by atoms with Crippen molar-refractivity contribution in [2.75, 3.05) is 32.7 Å². The Morgan fingerprint density at radius 1 is 1.30 bits per heavy atom. The van der Waals surface area contributed by atoms with Crippen molar-refractivity contribution in [2.24, 2.45) is 0 Å². The van der Waals surface area contributed by atoms with Crippen molar-refractivity contribution in [3.05, 3.63) is 30.1 Å². The molecule has 0 aliphatic carbocycles. The number of halogens is 3. The predicted molar refractivity (Wildman–Crippen MR) is 77.6 cm³/mol. The molecule has 2 fully saturated rings. The summed E-state index contributed by atoms with van der Waals surface area (Å²) < 4.78 is 37.7. The van der Waals surface area contributed by atoms with E-state index in [0.717, 1.165) is 17.0 Å². The molecule has 3 rings (SSSR count). The number of nitrogens with zero attached hydrogens (tertiary/aromatic N) is 3. The maximum absolute atomic E-state index is 12.6. The van der Waals surface area contributed by atoms with Gasteiger partial charge in [0.15, 0.2) is 0 Å². The molecule has 2 aliphatic heterocycles. The minimum absolute atomic E-state index is 0.0442. The first-order chi connectivity index (χ1) is 11.0. The molecule has 0 saturated carbocycles. The zero-order chi connectivity index (χ0) is 16.4. The fraction of sp³-hybridized carbons (Fsp3) is 0.600. The van der Waals surface area contributed by atoms with E-state index in [1.807, 2.05) is 17.0 Å².